The van der Waals surface area contributed by atoms with Crippen LogP contribution in [0.25, 0.3) is 0 Å². The van der Waals surface area contributed by atoms with Crippen molar-refractivity contribution in [3.05, 3.63) is 39.4 Å². The molecule has 0 radical (unpaired) electrons. The molecule has 4 N–H and O–H groups in total. The molecule has 0 saturated carbocycles. The van der Waals surface area contributed by atoms with Crippen LogP contribution in [0.1, 0.15) is 15.9 Å². The second-order valence-corrected chi connectivity index (χ2v) is 3.86. The van der Waals surface area contributed by atoms with Crippen LogP contribution in [-0.4, -0.2) is 34.5 Å². The van der Waals surface area contributed by atoms with Gasteiger partial charge in [0.25, 0.3) is 11.6 Å². The Balaban J connectivity index is 2.92. The molecule has 0 saturated heterocycles. The van der Waals surface area contributed by atoms with E-state index < -0.39 is 29.4 Å². The lowest BCUT2D eigenvalue weighted by Crippen LogP contribution is -2.40. The summed E-state index contributed by atoms with van der Waals surface area (Å²) in [4.78, 5) is 32.6. The molecule has 1 rings (SSSR count). The number of aliphatic hydroxyl groups is 1. The van der Waals surface area contributed by atoms with E-state index in [1.807, 2.05) is 0 Å². The fourth-order valence-corrected chi connectivity index (χ4v) is 1.47. The molecule has 0 aliphatic heterocycles. The van der Waals surface area contributed by atoms with E-state index in [9.17, 15) is 19.7 Å². The summed E-state index contributed by atoms with van der Waals surface area (Å²) in [7, 11) is 0. The van der Waals surface area contributed by atoms with E-state index in [4.69, 9.17) is 10.8 Å². The normalized spacial score (nSPS) is 11.7. The lowest BCUT2D eigenvalue weighted by atomic mass is 10.1. The standard InChI is InChI=1S/C11H13N3O5/c1-6-3-2-4-7(9(6)14(18)19)11(17)13-5-8(15)10(12)16/h2-4,8,15H,5H2,1H3,(H2,12,16)(H,13,17). The topological polar surface area (TPSA) is 136 Å². The van der Waals surface area contributed by atoms with E-state index >= 15 is 0 Å². The summed E-state index contributed by atoms with van der Waals surface area (Å²) in [6.45, 7) is 1.10. The first-order valence-corrected chi connectivity index (χ1v) is 5.34. The van der Waals surface area contributed by atoms with Gasteiger partial charge in [0.2, 0.25) is 5.91 Å². The molecule has 1 aromatic carbocycles. The summed E-state index contributed by atoms with van der Waals surface area (Å²) >= 11 is 0. The molecular weight excluding hydrogens is 254 g/mol. The van der Waals surface area contributed by atoms with Crippen molar-refractivity contribution in [2.75, 3.05) is 6.54 Å². The van der Waals surface area contributed by atoms with Crippen LogP contribution in [0.15, 0.2) is 18.2 Å². The molecule has 19 heavy (non-hydrogen) atoms. The highest BCUT2D eigenvalue weighted by molar-refractivity contribution is 5.98. The van der Waals surface area contributed by atoms with Crippen LogP contribution in [0.4, 0.5) is 5.69 Å². The zero-order valence-corrected chi connectivity index (χ0v) is 10.1. The second kappa shape index (κ2) is 5.91. The van der Waals surface area contributed by atoms with Crippen molar-refractivity contribution in [1.29, 1.82) is 0 Å². The Morgan fingerprint density at radius 2 is 2.16 bits per heavy atom. The van der Waals surface area contributed by atoms with Gasteiger partial charge >= 0.3 is 0 Å². The number of amides is 2. The minimum atomic E-state index is -1.53. The number of rotatable bonds is 5. The molecule has 0 aliphatic carbocycles. The van der Waals surface area contributed by atoms with Crippen molar-refractivity contribution >= 4 is 17.5 Å². The number of hydrogen-bond donors (Lipinski definition) is 3. The summed E-state index contributed by atoms with van der Waals surface area (Å²) in [6.07, 6.45) is -1.53. The van der Waals surface area contributed by atoms with Crippen LogP contribution in [0, 0.1) is 17.0 Å². The molecule has 1 atom stereocenters. The SMILES string of the molecule is Cc1cccc(C(=O)NCC(O)C(N)=O)c1[N+](=O)[O-]. The molecule has 8 nitrogen and oxygen atoms in total. The number of nitro groups is 1. The number of nitrogens with two attached hydrogens (primary N) is 1. The van der Waals surface area contributed by atoms with E-state index in [0.717, 1.165) is 0 Å². The molecule has 8 heteroatoms. The first kappa shape index (κ1) is 14.6. The average molecular weight is 267 g/mol. The van der Waals surface area contributed by atoms with Gasteiger partial charge in [-0.3, -0.25) is 19.7 Å². The van der Waals surface area contributed by atoms with E-state index in [1.165, 1.54) is 25.1 Å². The van der Waals surface area contributed by atoms with E-state index in [-0.39, 0.29) is 11.3 Å². The lowest BCUT2D eigenvalue weighted by molar-refractivity contribution is -0.385. The number of para-hydroxylation sites is 1. The average Bonchev–Trinajstić information content (AvgIpc) is 2.34. The van der Waals surface area contributed by atoms with Gasteiger partial charge in [0, 0.05) is 5.56 Å². The second-order valence-electron chi connectivity index (χ2n) is 3.86. The molecular formula is C11H13N3O5. The molecule has 0 aliphatic rings. The van der Waals surface area contributed by atoms with Gasteiger partial charge in [0.05, 0.1) is 11.5 Å². The van der Waals surface area contributed by atoms with Crippen molar-refractivity contribution < 1.29 is 19.6 Å². The van der Waals surface area contributed by atoms with E-state index in [1.54, 1.807) is 0 Å². The first-order chi connectivity index (χ1) is 8.84. The minimum absolute atomic E-state index is 0.137. The van der Waals surface area contributed by atoms with Crippen molar-refractivity contribution in [1.82, 2.24) is 5.32 Å². The monoisotopic (exact) mass is 267 g/mol. The Morgan fingerprint density at radius 3 is 2.68 bits per heavy atom. The number of hydrogen-bond acceptors (Lipinski definition) is 5. The lowest BCUT2D eigenvalue weighted by Gasteiger charge is -2.09. The van der Waals surface area contributed by atoms with Gasteiger partial charge in [0.15, 0.2) is 0 Å². The molecule has 0 fully saturated rings. The smallest absolute Gasteiger partial charge is 0.285 e. The van der Waals surface area contributed by atoms with Gasteiger partial charge in [-0.05, 0) is 13.0 Å². The predicted molar refractivity (Wildman–Crippen MR) is 65.4 cm³/mol. The maximum Gasteiger partial charge on any atom is 0.285 e. The Hall–Kier alpha value is -2.48. The van der Waals surface area contributed by atoms with Crippen LogP contribution >= 0.6 is 0 Å². The fourth-order valence-electron chi connectivity index (χ4n) is 1.47. The Kier molecular flexibility index (Phi) is 4.54. The molecule has 2 amide bonds. The number of carbonyl (C=O) groups excluding carboxylic acids is 2. The summed E-state index contributed by atoms with van der Waals surface area (Å²) < 4.78 is 0. The number of carbonyl (C=O) groups is 2. The molecule has 1 aromatic rings. The summed E-state index contributed by atoms with van der Waals surface area (Å²) in [5.41, 5.74) is 4.71. The number of nitrogens with zero attached hydrogens (tertiary/aromatic N) is 1. The molecule has 102 valence electrons. The van der Waals surface area contributed by atoms with Crippen LogP contribution in [0.3, 0.4) is 0 Å². The van der Waals surface area contributed by atoms with E-state index in [0.29, 0.717) is 5.56 Å². The molecule has 0 heterocycles. The molecule has 0 aromatic heterocycles. The number of nitro benzene ring substituents is 1. The van der Waals surface area contributed by atoms with Crippen molar-refractivity contribution in [2.45, 2.75) is 13.0 Å². The summed E-state index contributed by atoms with van der Waals surface area (Å²) in [5, 5.41) is 22.2. The maximum absolute atomic E-state index is 11.8. The Labute approximate surface area is 108 Å². The van der Waals surface area contributed by atoms with Crippen molar-refractivity contribution in [3.63, 3.8) is 0 Å². The molecule has 0 spiro atoms. The quantitative estimate of drug-likeness (QED) is 0.487. The third-order valence-corrected chi connectivity index (χ3v) is 2.45. The Bertz CT molecular complexity index is 529. The molecule has 0 bridgehead atoms. The van der Waals surface area contributed by atoms with Gasteiger partial charge in [-0.25, -0.2) is 0 Å². The zero-order chi connectivity index (χ0) is 14.6. The van der Waals surface area contributed by atoms with Gasteiger partial charge in [-0.15, -0.1) is 0 Å². The van der Waals surface area contributed by atoms with Gasteiger partial charge in [-0.2, -0.15) is 0 Å². The minimum Gasteiger partial charge on any atom is -0.381 e. The van der Waals surface area contributed by atoms with Gasteiger partial charge in [-0.1, -0.05) is 12.1 Å². The van der Waals surface area contributed by atoms with Crippen LogP contribution < -0.4 is 11.1 Å². The zero-order valence-electron chi connectivity index (χ0n) is 10.1. The van der Waals surface area contributed by atoms with Crippen LogP contribution in [0.2, 0.25) is 0 Å². The predicted octanol–water partition coefficient (Wildman–Crippen LogP) is -0.521. The number of aryl methyl sites for hydroxylation is 1. The number of benzene rings is 1. The van der Waals surface area contributed by atoms with Gasteiger partial charge < -0.3 is 16.2 Å². The van der Waals surface area contributed by atoms with Crippen molar-refractivity contribution in [3.8, 4) is 0 Å². The van der Waals surface area contributed by atoms with Crippen LogP contribution in [0.5, 0.6) is 0 Å². The van der Waals surface area contributed by atoms with E-state index in [2.05, 4.69) is 5.32 Å². The third kappa shape index (κ3) is 3.49. The maximum atomic E-state index is 11.8. The fraction of sp³-hybridized carbons (Fsp3) is 0.273. The highest BCUT2D eigenvalue weighted by Gasteiger charge is 2.23. The first-order valence-electron chi connectivity index (χ1n) is 5.34. The molecule has 1 unspecified atom stereocenters. The van der Waals surface area contributed by atoms with Gasteiger partial charge in [0.1, 0.15) is 11.7 Å². The number of primary amides is 1. The summed E-state index contributed by atoms with van der Waals surface area (Å²) in [5.74, 6) is -1.74. The number of nitrogens with one attached hydrogen (secondary N) is 1. The van der Waals surface area contributed by atoms with Crippen molar-refractivity contribution in [2.24, 2.45) is 5.73 Å². The highest BCUT2D eigenvalue weighted by Crippen LogP contribution is 2.22. The third-order valence-electron chi connectivity index (χ3n) is 2.45. The Morgan fingerprint density at radius 1 is 1.53 bits per heavy atom. The largest absolute Gasteiger partial charge is 0.381 e. The summed E-state index contributed by atoms with van der Waals surface area (Å²) in [6, 6.07) is 4.30. The van der Waals surface area contributed by atoms with Crippen LogP contribution in [-0.2, 0) is 4.79 Å². The highest BCUT2D eigenvalue weighted by atomic mass is 16.6. The number of aliphatic hydroxyl groups excluding tert-OH is 1.